The van der Waals surface area contributed by atoms with Crippen LogP contribution in [0.4, 0.5) is 5.69 Å². The molecule has 1 atom stereocenters. The molecule has 1 heterocycles. The Labute approximate surface area is 116 Å². The Morgan fingerprint density at radius 2 is 2.00 bits per heavy atom. The Kier molecular flexibility index (Phi) is 4.35. The van der Waals surface area contributed by atoms with E-state index in [0.717, 1.165) is 31.8 Å². The van der Waals surface area contributed by atoms with Crippen molar-refractivity contribution in [3.8, 4) is 5.75 Å². The molecule has 106 valence electrons. The van der Waals surface area contributed by atoms with Gasteiger partial charge in [0.1, 0.15) is 5.75 Å². The van der Waals surface area contributed by atoms with Crippen molar-refractivity contribution in [3.63, 3.8) is 0 Å². The molecule has 3 nitrogen and oxygen atoms in total. The molecule has 0 aromatic heterocycles. The SMILES string of the molecule is COc1ccc(N2CCC(C)(C)C(CCN)C2)cc1. The van der Waals surface area contributed by atoms with Crippen LogP contribution in [0.3, 0.4) is 0 Å². The summed E-state index contributed by atoms with van der Waals surface area (Å²) in [5, 5.41) is 0. The Bertz CT molecular complexity index is 400. The first-order valence-corrected chi connectivity index (χ1v) is 7.16. The molecule has 0 bridgehead atoms. The van der Waals surface area contributed by atoms with Crippen LogP contribution in [0, 0.1) is 11.3 Å². The molecule has 0 aliphatic carbocycles. The summed E-state index contributed by atoms with van der Waals surface area (Å²) in [4.78, 5) is 2.48. The second-order valence-electron chi connectivity index (χ2n) is 6.16. The quantitative estimate of drug-likeness (QED) is 0.906. The van der Waals surface area contributed by atoms with Crippen molar-refractivity contribution in [2.45, 2.75) is 26.7 Å². The van der Waals surface area contributed by atoms with Gasteiger partial charge in [-0.05, 0) is 55.0 Å². The number of hydrogen-bond acceptors (Lipinski definition) is 3. The average molecular weight is 262 g/mol. The smallest absolute Gasteiger partial charge is 0.119 e. The normalized spacial score (nSPS) is 22.3. The van der Waals surface area contributed by atoms with Gasteiger partial charge in [-0.1, -0.05) is 13.8 Å². The third-order valence-corrected chi connectivity index (χ3v) is 4.52. The first kappa shape index (κ1) is 14.2. The lowest BCUT2D eigenvalue weighted by Crippen LogP contribution is -2.45. The lowest BCUT2D eigenvalue weighted by Gasteiger charge is -2.45. The standard InChI is InChI=1S/C16H26N2O/c1-16(2)9-11-18(12-13(16)8-10-17)14-4-6-15(19-3)7-5-14/h4-7,13H,8-12,17H2,1-3H3. The third kappa shape index (κ3) is 3.21. The van der Waals surface area contributed by atoms with Crippen molar-refractivity contribution in [2.24, 2.45) is 17.1 Å². The highest BCUT2D eigenvalue weighted by molar-refractivity contribution is 5.49. The summed E-state index contributed by atoms with van der Waals surface area (Å²) in [7, 11) is 1.70. The van der Waals surface area contributed by atoms with Crippen molar-refractivity contribution < 1.29 is 4.74 Å². The fourth-order valence-corrected chi connectivity index (χ4v) is 2.94. The molecule has 0 saturated carbocycles. The van der Waals surface area contributed by atoms with Crippen LogP contribution in [0.2, 0.25) is 0 Å². The number of methoxy groups -OCH3 is 1. The minimum absolute atomic E-state index is 0.405. The summed E-state index contributed by atoms with van der Waals surface area (Å²) < 4.78 is 5.21. The number of nitrogens with two attached hydrogens (primary N) is 1. The number of anilines is 1. The van der Waals surface area contributed by atoms with Gasteiger partial charge in [-0.25, -0.2) is 0 Å². The van der Waals surface area contributed by atoms with E-state index in [1.165, 1.54) is 12.1 Å². The van der Waals surface area contributed by atoms with Gasteiger partial charge in [0.05, 0.1) is 7.11 Å². The first-order chi connectivity index (χ1) is 9.06. The van der Waals surface area contributed by atoms with E-state index in [4.69, 9.17) is 10.5 Å². The maximum atomic E-state index is 5.77. The van der Waals surface area contributed by atoms with Crippen LogP contribution >= 0.6 is 0 Å². The summed E-state index contributed by atoms with van der Waals surface area (Å²) in [5.41, 5.74) is 7.46. The summed E-state index contributed by atoms with van der Waals surface area (Å²) >= 11 is 0. The highest BCUT2D eigenvalue weighted by atomic mass is 16.5. The molecule has 1 aromatic rings. The zero-order valence-corrected chi connectivity index (χ0v) is 12.4. The largest absolute Gasteiger partial charge is 0.497 e. The van der Waals surface area contributed by atoms with E-state index in [1.807, 2.05) is 12.1 Å². The lowest BCUT2D eigenvalue weighted by molar-refractivity contribution is 0.163. The number of ether oxygens (including phenoxy) is 1. The fourth-order valence-electron chi connectivity index (χ4n) is 2.94. The number of rotatable bonds is 4. The molecule has 0 radical (unpaired) electrons. The van der Waals surface area contributed by atoms with E-state index in [-0.39, 0.29) is 0 Å². The van der Waals surface area contributed by atoms with Gasteiger partial charge in [0.25, 0.3) is 0 Å². The van der Waals surface area contributed by atoms with Crippen LogP contribution in [-0.2, 0) is 0 Å². The summed E-state index contributed by atoms with van der Waals surface area (Å²) in [6, 6.07) is 8.37. The Morgan fingerprint density at radius 3 is 2.58 bits per heavy atom. The number of nitrogens with zero attached hydrogens (tertiary/aromatic N) is 1. The van der Waals surface area contributed by atoms with Gasteiger partial charge in [0.2, 0.25) is 0 Å². The van der Waals surface area contributed by atoms with Gasteiger partial charge in [0, 0.05) is 18.8 Å². The molecule has 1 saturated heterocycles. The van der Waals surface area contributed by atoms with Gasteiger partial charge in [-0.15, -0.1) is 0 Å². The molecule has 3 heteroatoms. The molecule has 1 fully saturated rings. The number of hydrogen-bond donors (Lipinski definition) is 1. The average Bonchev–Trinajstić information content (AvgIpc) is 2.41. The zero-order valence-electron chi connectivity index (χ0n) is 12.4. The van der Waals surface area contributed by atoms with Crippen LogP contribution in [0.15, 0.2) is 24.3 Å². The van der Waals surface area contributed by atoms with Crippen LogP contribution in [0.1, 0.15) is 26.7 Å². The van der Waals surface area contributed by atoms with Crippen molar-refractivity contribution >= 4 is 5.69 Å². The van der Waals surface area contributed by atoms with E-state index >= 15 is 0 Å². The van der Waals surface area contributed by atoms with Crippen molar-refractivity contribution in [1.29, 1.82) is 0 Å². The molecule has 2 N–H and O–H groups in total. The van der Waals surface area contributed by atoms with Crippen molar-refractivity contribution in [2.75, 3.05) is 31.6 Å². The van der Waals surface area contributed by atoms with Gasteiger partial charge in [0.15, 0.2) is 0 Å². The van der Waals surface area contributed by atoms with Gasteiger partial charge >= 0.3 is 0 Å². The molecule has 2 rings (SSSR count). The summed E-state index contributed by atoms with van der Waals surface area (Å²) in [6.07, 6.45) is 2.34. The Balaban J connectivity index is 2.09. The molecule has 1 aliphatic rings. The minimum atomic E-state index is 0.405. The lowest BCUT2D eigenvalue weighted by atomic mass is 9.72. The molecule has 0 amide bonds. The highest BCUT2D eigenvalue weighted by Crippen LogP contribution is 2.39. The molecule has 1 unspecified atom stereocenters. The Hall–Kier alpha value is -1.22. The van der Waals surface area contributed by atoms with Gasteiger partial charge in [-0.3, -0.25) is 0 Å². The van der Waals surface area contributed by atoms with Crippen LogP contribution < -0.4 is 15.4 Å². The van der Waals surface area contributed by atoms with Crippen LogP contribution in [-0.4, -0.2) is 26.7 Å². The zero-order chi connectivity index (χ0) is 13.9. The van der Waals surface area contributed by atoms with Gasteiger partial charge < -0.3 is 15.4 Å². The summed E-state index contributed by atoms with van der Waals surface area (Å²) in [6.45, 7) is 7.76. The maximum absolute atomic E-state index is 5.77. The van der Waals surface area contributed by atoms with E-state index in [1.54, 1.807) is 7.11 Å². The first-order valence-electron chi connectivity index (χ1n) is 7.16. The fraction of sp³-hybridized carbons (Fsp3) is 0.625. The highest BCUT2D eigenvalue weighted by Gasteiger charge is 2.34. The molecule has 0 spiro atoms. The molecular formula is C16H26N2O. The second-order valence-corrected chi connectivity index (χ2v) is 6.16. The van der Waals surface area contributed by atoms with E-state index in [9.17, 15) is 0 Å². The van der Waals surface area contributed by atoms with Crippen molar-refractivity contribution in [1.82, 2.24) is 0 Å². The Morgan fingerprint density at radius 1 is 1.32 bits per heavy atom. The second kappa shape index (κ2) is 5.83. The van der Waals surface area contributed by atoms with Crippen LogP contribution in [0.25, 0.3) is 0 Å². The van der Waals surface area contributed by atoms with Crippen molar-refractivity contribution in [3.05, 3.63) is 24.3 Å². The van der Waals surface area contributed by atoms with E-state index in [2.05, 4.69) is 30.9 Å². The molecule has 1 aliphatic heterocycles. The maximum Gasteiger partial charge on any atom is 0.119 e. The summed E-state index contributed by atoms with van der Waals surface area (Å²) in [5.74, 6) is 1.59. The molecule has 1 aromatic carbocycles. The van der Waals surface area contributed by atoms with Gasteiger partial charge in [-0.2, -0.15) is 0 Å². The predicted octanol–water partition coefficient (Wildman–Crippen LogP) is 2.90. The number of benzene rings is 1. The van der Waals surface area contributed by atoms with E-state index < -0.39 is 0 Å². The number of piperidine rings is 1. The van der Waals surface area contributed by atoms with E-state index in [0.29, 0.717) is 11.3 Å². The van der Waals surface area contributed by atoms with Crippen LogP contribution in [0.5, 0.6) is 5.75 Å². The topological polar surface area (TPSA) is 38.5 Å². The third-order valence-electron chi connectivity index (χ3n) is 4.52. The monoisotopic (exact) mass is 262 g/mol. The molecular weight excluding hydrogens is 236 g/mol. The molecule has 19 heavy (non-hydrogen) atoms. The predicted molar refractivity (Wildman–Crippen MR) is 80.8 cm³/mol. The minimum Gasteiger partial charge on any atom is -0.497 e.